The Labute approximate surface area is 82.4 Å². The molecule has 0 saturated heterocycles. The van der Waals surface area contributed by atoms with Gasteiger partial charge in [-0.15, -0.1) is 0 Å². The summed E-state index contributed by atoms with van der Waals surface area (Å²) < 4.78 is 5.20. The van der Waals surface area contributed by atoms with E-state index < -0.39 is 0 Å². The second-order valence-electron chi connectivity index (χ2n) is 2.64. The quantitative estimate of drug-likeness (QED) is 0.448. The molecule has 0 atom stereocenters. The highest BCUT2D eigenvalue weighted by molar-refractivity contribution is 5.98. The molecule has 1 aromatic heterocycles. The van der Waals surface area contributed by atoms with E-state index in [0.717, 1.165) is 17.8 Å². The lowest BCUT2D eigenvalue weighted by atomic mass is 10.1. The zero-order valence-corrected chi connectivity index (χ0v) is 7.90. The number of furan rings is 1. The first-order valence-corrected chi connectivity index (χ1v) is 4.24. The molecule has 4 nitrogen and oxygen atoms in total. The maximum Gasteiger partial charge on any atom is 0.207 e. The SMILES string of the molecule is CCC(=CC(N)=NC#N)c1ccco1. The van der Waals surface area contributed by atoms with E-state index in [-0.39, 0.29) is 5.84 Å². The average molecular weight is 189 g/mol. The third-order valence-electron chi connectivity index (χ3n) is 1.72. The fourth-order valence-corrected chi connectivity index (χ4v) is 1.08. The Kier molecular flexibility index (Phi) is 3.50. The number of nitrogens with two attached hydrogens (primary N) is 1. The Balaban J connectivity index is 2.94. The first-order valence-electron chi connectivity index (χ1n) is 4.24. The van der Waals surface area contributed by atoms with Gasteiger partial charge >= 0.3 is 0 Å². The molecule has 0 spiro atoms. The molecular formula is C10H11N3O. The van der Waals surface area contributed by atoms with Crippen LogP contribution in [0.5, 0.6) is 0 Å². The summed E-state index contributed by atoms with van der Waals surface area (Å²) in [5.74, 6) is 0.948. The van der Waals surface area contributed by atoms with Gasteiger partial charge in [0, 0.05) is 0 Å². The fourth-order valence-electron chi connectivity index (χ4n) is 1.08. The summed E-state index contributed by atoms with van der Waals surface area (Å²) in [6.07, 6.45) is 5.64. The van der Waals surface area contributed by atoms with Crippen LogP contribution < -0.4 is 5.73 Å². The molecule has 14 heavy (non-hydrogen) atoms. The predicted octanol–water partition coefficient (Wildman–Crippen LogP) is 1.91. The third-order valence-corrected chi connectivity index (χ3v) is 1.72. The smallest absolute Gasteiger partial charge is 0.207 e. The van der Waals surface area contributed by atoms with Crippen LogP contribution in [0.15, 0.2) is 33.9 Å². The van der Waals surface area contributed by atoms with Gasteiger partial charge in [-0.05, 0) is 30.2 Å². The van der Waals surface area contributed by atoms with Crippen LogP contribution in [0.3, 0.4) is 0 Å². The number of nitrogens with zero attached hydrogens (tertiary/aromatic N) is 2. The Morgan fingerprint density at radius 2 is 2.57 bits per heavy atom. The molecule has 0 saturated carbocycles. The Morgan fingerprint density at radius 1 is 1.79 bits per heavy atom. The third kappa shape index (κ3) is 2.49. The number of aliphatic imine (C=N–C) groups is 1. The first-order chi connectivity index (χ1) is 6.77. The van der Waals surface area contributed by atoms with Crippen molar-refractivity contribution in [1.82, 2.24) is 0 Å². The van der Waals surface area contributed by atoms with Crippen LogP contribution in [0.1, 0.15) is 19.1 Å². The van der Waals surface area contributed by atoms with Crippen LogP contribution in [-0.2, 0) is 0 Å². The molecule has 0 aliphatic heterocycles. The first kappa shape index (κ1) is 10.1. The summed E-state index contributed by atoms with van der Waals surface area (Å²) in [5.41, 5.74) is 6.40. The molecule has 0 bridgehead atoms. The molecule has 0 aliphatic rings. The molecule has 0 amide bonds. The van der Waals surface area contributed by atoms with E-state index in [9.17, 15) is 0 Å². The van der Waals surface area contributed by atoms with E-state index in [1.165, 1.54) is 0 Å². The summed E-state index contributed by atoms with van der Waals surface area (Å²) in [6, 6.07) is 3.64. The maximum atomic E-state index is 8.28. The minimum absolute atomic E-state index is 0.195. The van der Waals surface area contributed by atoms with E-state index in [2.05, 4.69) is 4.99 Å². The Bertz CT molecular complexity index is 382. The number of nitriles is 1. The highest BCUT2D eigenvalue weighted by Gasteiger charge is 2.02. The largest absolute Gasteiger partial charge is 0.465 e. The summed E-state index contributed by atoms with van der Waals surface area (Å²) in [6.45, 7) is 1.98. The Hall–Kier alpha value is -2.02. The van der Waals surface area contributed by atoms with E-state index in [1.807, 2.05) is 13.0 Å². The van der Waals surface area contributed by atoms with Gasteiger partial charge in [-0.25, -0.2) is 0 Å². The van der Waals surface area contributed by atoms with Gasteiger partial charge in [0.1, 0.15) is 11.6 Å². The molecule has 2 N–H and O–H groups in total. The molecule has 72 valence electrons. The van der Waals surface area contributed by atoms with E-state index in [4.69, 9.17) is 15.4 Å². The lowest BCUT2D eigenvalue weighted by Gasteiger charge is -1.98. The molecule has 4 heteroatoms. The Morgan fingerprint density at radius 3 is 3.07 bits per heavy atom. The van der Waals surface area contributed by atoms with Gasteiger partial charge in [0.25, 0.3) is 0 Å². The number of allylic oxidation sites excluding steroid dienone is 1. The van der Waals surface area contributed by atoms with Gasteiger partial charge in [0.05, 0.1) is 6.26 Å². The zero-order chi connectivity index (χ0) is 10.4. The number of hydrogen-bond acceptors (Lipinski definition) is 3. The predicted molar refractivity (Wildman–Crippen MR) is 54.2 cm³/mol. The molecular weight excluding hydrogens is 178 g/mol. The second-order valence-corrected chi connectivity index (χ2v) is 2.64. The van der Waals surface area contributed by atoms with Crippen molar-refractivity contribution in [1.29, 1.82) is 5.26 Å². The number of rotatable bonds is 3. The number of amidine groups is 1. The van der Waals surface area contributed by atoms with Crippen LogP contribution in [0.4, 0.5) is 0 Å². The molecule has 0 radical (unpaired) electrons. The highest BCUT2D eigenvalue weighted by atomic mass is 16.3. The van der Waals surface area contributed by atoms with Crippen molar-refractivity contribution in [3.63, 3.8) is 0 Å². The average Bonchev–Trinajstić information content (AvgIpc) is 2.67. The van der Waals surface area contributed by atoms with Crippen molar-refractivity contribution < 1.29 is 4.42 Å². The standard InChI is InChI=1S/C10H11N3O/c1-2-8(6-10(12)13-7-11)9-4-3-5-14-9/h3-6H,2H2,1H3,(H2,12,13). The minimum Gasteiger partial charge on any atom is -0.465 e. The number of hydrogen-bond donors (Lipinski definition) is 1. The fraction of sp³-hybridized carbons (Fsp3) is 0.200. The van der Waals surface area contributed by atoms with Crippen molar-refractivity contribution in [2.75, 3.05) is 0 Å². The van der Waals surface area contributed by atoms with Gasteiger partial charge in [-0.3, -0.25) is 0 Å². The van der Waals surface area contributed by atoms with Gasteiger partial charge < -0.3 is 10.2 Å². The zero-order valence-electron chi connectivity index (χ0n) is 7.90. The van der Waals surface area contributed by atoms with Crippen LogP contribution in [0, 0.1) is 11.5 Å². The molecule has 1 aromatic rings. The van der Waals surface area contributed by atoms with Crippen LogP contribution in [0.25, 0.3) is 5.57 Å². The summed E-state index contributed by atoms with van der Waals surface area (Å²) >= 11 is 0. The van der Waals surface area contributed by atoms with Crippen molar-refractivity contribution in [2.45, 2.75) is 13.3 Å². The van der Waals surface area contributed by atoms with E-state index in [1.54, 1.807) is 24.6 Å². The van der Waals surface area contributed by atoms with Crippen LogP contribution in [-0.4, -0.2) is 5.84 Å². The van der Waals surface area contributed by atoms with Gasteiger partial charge in [0.2, 0.25) is 6.19 Å². The van der Waals surface area contributed by atoms with Gasteiger partial charge in [0.15, 0.2) is 0 Å². The van der Waals surface area contributed by atoms with Crippen molar-refractivity contribution in [3.8, 4) is 6.19 Å². The normalized spacial score (nSPS) is 12.6. The minimum atomic E-state index is 0.195. The monoisotopic (exact) mass is 189 g/mol. The molecule has 0 aromatic carbocycles. The molecule has 1 heterocycles. The highest BCUT2D eigenvalue weighted by Crippen LogP contribution is 2.17. The lowest BCUT2D eigenvalue weighted by Crippen LogP contribution is -2.07. The molecule has 0 unspecified atom stereocenters. The van der Waals surface area contributed by atoms with Crippen LogP contribution in [0.2, 0.25) is 0 Å². The lowest BCUT2D eigenvalue weighted by molar-refractivity contribution is 0.551. The molecule has 0 fully saturated rings. The van der Waals surface area contributed by atoms with Crippen molar-refractivity contribution in [2.24, 2.45) is 10.7 Å². The van der Waals surface area contributed by atoms with E-state index in [0.29, 0.717) is 0 Å². The van der Waals surface area contributed by atoms with Crippen molar-refractivity contribution in [3.05, 3.63) is 30.2 Å². The van der Waals surface area contributed by atoms with Gasteiger partial charge in [-0.2, -0.15) is 10.3 Å². The summed E-state index contributed by atoms with van der Waals surface area (Å²) in [7, 11) is 0. The molecule has 0 aliphatic carbocycles. The van der Waals surface area contributed by atoms with Gasteiger partial charge in [-0.1, -0.05) is 6.92 Å². The maximum absolute atomic E-state index is 8.28. The summed E-state index contributed by atoms with van der Waals surface area (Å²) in [5, 5.41) is 8.28. The topological polar surface area (TPSA) is 75.3 Å². The van der Waals surface area contributed by atoms with E-state index >= 15 is 0 Å². The molecule has 1 rings (SSSR count). The van der Waals surface area contributed by atoms with Crippen LogP contribution >= 0.6 is 0 Å². The van der Waals surface area contributed by atoms with Crippen molar-refractivity contribution >= 4 is 11.4 Å². The summed E-state index contributed by atoms with van der Waals surface area (Å²) in [4.78, 5) is 3.40. The second kappa shape index (κ2) is 4.87.